The summed E-state index contributed by atoms with van der Waals surface area (Å²) in [5.41, 5.74) is 5.48. The van der Waals surface area contributed by atoms with Crippen LogP contribution in [0.3, 0.4) is 0 Å². The molecule has 1 fully saturated rings. The van der Waals surface area contributed by atoms with Gasteiger partial charge in [-0.2, -0.15) is 0 Å². The molecule has 0 spiro atoms. The number of amides is 1. The maximum atomic E-state index is 11.9. The number of hydrogen-bond donors (Lipinski definition) is 1. The summed E-state index contributed by atoms with van der Waals surface area (Å²) >= 11 is 0. The molecular weight excluding hydrogens is 220 g/mol. The van der Waals surface area contributed by atoms with Crippen molar-refractivity contribution in [2.75, 3.05) is 26.2 Å². The Labute approximate surface area is 102 Å². The first-order chi connectivity index (χ1) is 8.10. The van der Waals surface area contributed by atoms with Gasteiger partial charge in [0.1, 0.15) is 0 Å². The van der Waals surface area contributed by atoms with Gasteiger partial charge >= 0.3 is 5.97 Å². The van der Waals surface area contributed by atoms with Crippen molar-refractivity contribution in [3.8, 4) is 0 Å². The molecule has 0 aromatic heterocycles. The average molecular weight is 242 g/mol. The molecule has 1 aliphatic rings. The zero-order valence-electron chi connectivity index (χ0n) is 10.6. The van der Waals surface area contributed by atoms with Gasteiger partial charge in [-0.25, -0.2) is 0 Å². The molecule has 5 heteroatoms. The van der Waals surface area contributed by atoms with Crippen molar-refractivity contribution in [2.24, 2.45) is 17.6 Å². The van der Waals surface area contributed by atoms with Gasteiger partial charge in [-0.05, 0) is 19.8 Å². The van der Waals surface area contributed by atoms with E-state index in [1.54, 1.807) is 11.8 Å². The van der Waals surface area contributed by atoms with Crippen molar-refractivity contribution in [1.29, 1.82) is 0 Å². The van der Waals surface area contributed by atoms with Crippen LogP contribution < -0.4 is 5.73 Å². The molecule has 2 unspecified atom stereocenters. The van der Waals surface area contributed by atoms with Gasteiger partial charge < -0.3 is 15.4 Å². The van der Waals surface area contributed by atoms with Gasteiger partial charge in [0.15, 0.2) is 0 Å². The first-order valence-electron chi connectivity index (χ1n) is 6.25. The molecule has 1 rings (SSSR count). The molecule has 0 aromatic carbocycles. The molecule has 1 amide bonds. The highest BCUT2D eigenvalue weighted by Gasteiger charge is 2.30. The van der Waals surface area contributed by atoms with Crippen LogP contribution in [-0.4, -0.2) is 43.0 Å². The number of hydrogen-bond acceptors (Lipinski definition) is 4. The Bertz CT molecular complexity index is 281. The van der Waals surface area contributed by atoms with Crippen LogP contribution in [0, 0.1) is 11.8 Å². The van der Waals surface area contributed by atoms with E-state index < -0.39 is 0 Å². The number of ether oxygens (including phenoxy) is 1. The predicted octanol–water partition coefficient (Wildman–Crippen LogP) is 0.383. The highest BCUT2D eigenvalue weighted by atomic mass is 16.5. The number of nitrogens with zero attached hydrogens (tertiary/aromatic N) is 1. The lowest BCUT2D eigenvalue weighted by Crippen LogP contribution is -2.46. The van der Waals surface area contributed by atoms with E-state index in [9.17, 15) is 9.59 Å². The molecule has 1 aliphatic heterocycles. The molecule has 2 atom stereocenters. The summed E-state index contributed by atoms with van der Waals surface area (Å²) in [7, 11) is 0. The quantitative estimate of drug-likeness (QED) is 0.723. The third-order valence-corrected chi connectivity index (χ3v) is 3.13. The van der Waals surface area contributed by atoms with E-state index in [0.717, 1.165) is 19.4 Å². The van der Waals surface area contributed by atoms with Gasteiger partial charge in [0.05, 0.1) is 12.5 Å². The van der Waals surface area contributed by atoms with Crippen LogP contribution >= 0.6 is 0 Å². The van der Waals surface area contributed by atoms with Crippen LogP contribution in [0.5, 0.6) is 0 Å². The number of likely N-dealkylation sites (tertiary alicyclic amines) is 1. The lowest BCUT2D eigenvalue weighted by molar-refractivity contribution is -0.151. The molecule has 0 saturated carbocycles. The Morgan fingerprint density at radius 2 is 2.24 bits per heavy atom. The fourth-order valence-corrected chi connectivity index (χ4v) is 2.04. The minimum atomic E-state index is -0.189. The van der Waals surface area contributed by atoms with Gasteiger partial charge in [-0.1, -0.05) is 6.92 Å². The second kappa shape index (κ2) is 6.59. The maximum Gasteiger partial charge on any atom is 0.310 e. The van der Waals surface area contributed by atoms with E-state index in [-0.39, 0.29) is 23.7 Å². The Morgan fingerprint density at radius 3 is 2.82 bits per heavy atom. The van der Waals surface area contributed by atoms with Gasteiger partial charge in [-0.3, -0.25) is 9.59 Å². The Hall–Kier alpha value is -1.10. The van der Waals surface area contributed by atoms with E-state index in [1.807, 2.05) is 6.92 Å². The molecule has 0 aromatic rings. The highest BCUT2D eigenvalue weighted by molar-refractivity contribution is 5.80. The molecule has 5 nitrogen and oxygen atoms in total. The fraction of sp³-hybridized carbons (Fsp3) is 0.833. The maximum absolute atomic E-state index is 11.9. The monoisotopic (exact) mass is 242 g/mol. The Kier molecular flexibility index (Phi) is 5.41. The van der Waals surface area contributed by atoms with E-state index >= 15 is 0 Å². The van der Waals surface area contributed by atoms with Gasteiger partial charge in [0.25, 0.3) is 0 Å². The van der Waals surface area contributed by atoms with Crippen LogP contribution in [0.1, 0.15) is 26.7 Å². The molecule has 1 heterocycles. The molecule has 0 aliphatic carbocycles. The molecule has 17 heavy (non-hydrogen) atoms. The second-order valence-electron chi connectivity index (χ2n) is 4.51. The number of piperidine rings is 1. The zero-order chi connectivity index (χ0) is 12.8. The van der Waals surface area contributed by atoms with E-state index in [2.05, 4.69) is 0 Å². The first kappa shape index (κ1) is 14.0. The van der Waals surface area contributed by atoms with E-state index in [1.165, 1.54) is 0 Å². The first-order valence-corrected chi connectivity index (χ1v) is 6.25. The molecule has 0 radical (unpaired) electrons. The van der Waals surface area contributed by atoms with Crippen LogP contribution in [-0.2, 0) is 14.3 Å². The predicted molar refractivity (Wildman–Crippen MR) is 64.2 cm³/mol. The van der Waals surface area contributed by atoms with Crippen molar-refractivity contribution in [3.05, 3.63) is 0 Å². The van der Waals surface area contributed by atoms with Crippen molar-refractivity contribution in [1.82, 2.24) is 4.90 Å². The van der Waals surface area contributed by atoms with Crippen LogP contribution in [0.4, 0.5) is 0 Å². The number of carbonyl (C=O) groups excluding carboxylic acids is 2. The molecule has 1 saturated heterocycles. The second-order valence-corrected chi connectivity index (χ2v) is 4.51. The highest BCUT2D eigenvalue weighted by Crippen LogP contribution is 2.19. The van der Waals surface area contributed by atoms with Crippen molar-refractivity contribution < 1.29 is 14.3 Å². The fourth-order valence-electron chi connectivity index (χ4n) is 2.04. The smallest absolute Gasteiger partial charge is 0.310 e. The molecular formula is C12H22N2O3. The van der Waals surface area contributed by atoms with Gasteiger partial charge in [-0.15, -0.1) is 0 Å². The van der Waals surface area contributed by atoms with E-state index in [4.69, 9.17) is 10.5 Å². The van der Waals surface area contributed by atoms with Crippen LogP contribution in [0.2, 0.25) is 0 Å². The summed E-state index contributed by atoms with van der Waals surface area (Å²) in [5, 5.41) is 0. The molecule has 0 bridgehead atoms. The minimum absolute atomic E-state index is 0.0431. The largest absolute Gasteiger partial charge is 0.466 e. The van der Waals surface area contributed by atoms with Crippen LogP contribution in [0.15, 0.2) is 0 Å². The van der Waals surface area contributed by atoms with Crippen molar-refractivity contribution >= 4 is 11.9 Å². The Morgan fingerprint density at radius 1 is 1.53 bits per heavy atom. The van der Waals surface area contributed by atoms with E-state index in [0.29, 0.717) is 19.7 Å². The minimum Gasteiger partial charge on any atom is -0.466 e. The summed E-state index contributed by atoms with van der Waals surface area (Å²) in [6, 6.07) is 0. The molecule has 2 N–H and O–H groups in total. The number of nitrogens with two attached hydrogens (primary N) is 1. The third-order valence-electron chi connectivity index (χ3n) is 3.13. The lowest BCUT2D eigenvalue weighted by atomic mass is 9.97. The Balaban J connectivity index is 2.54. The zero-order valence-corrected chi connectivity index (χ0v) is 10.6. The standard InChI is InChI=1S/C12H22N2O3/c1-3-17-12(16)10-5-4-6-14(8-10)11(15)9(2)7-13/h9-10H,3-8,13H2,1-2H3. The average Bonchev–Trinajstić information content (AvgIpc) is 2.37. The lowest BCUT2D eigenvalue weighted by Gasteiger charge is -2.33. The topological polar surface area (TPSA) is 72.6 Å². The summed E-state index contributed by atoms with van der Waals surface area (Å²) < 4.78 is 4.99. The summed E-state index contributed by atoms with van der Waals surface area (Å²) in [4.78, 5) is 25.3. The van der Waals surface area contributed by atoms with Gasteiger partial charge in [0.2, 0.25) is 5.91 Å². The summed E-state index contributed by atoms with van der Waals surface area (Å²) in [6.45, 7) is 5.54. The SMILES string of the molecule is CCOC(=O)C1CCCN(C(=O)C(C)CN)C1. The summed E-state index contributed by atoms with van der Waals surface area (Å²) in [5.74, 6) is -0.486. The summed E-state index contributed by atoms with van der Waals surface area (Å²) in [6.07, 6.45) is 1.66. The van der Waals surface area contributed by atoms with Crippen molar-refractivity contribution in [2.45, 2.75) is 26.7 Å². The van der Waals surface area contributed by atoms with Crippen molar-refractivity contribution in [3.63, 3.8) is 0 Å². The molecule has 98 valence electrons. The van der Waals surface area contributed by atoms with Crippen LogP contribution in [0.25, 0.3) is 0 Å². The van der Waals surface area contributed by atoms with Gasteiger partial charge in [0, 0.05) is 25.6 Å². The number of carbonyl (C=O) groups is 2. The number of esters is 1. The number of rotatable bonds is 4. The normalized spacial score (nSPS) is 22.1. The third kappa shape index (κ3) is 3.70.